The fourth-order valence-corrected chi connectivity index (χ4v) is 2.81. The van der Waals surface area contributed by atoms with Crippen molar-refractivity contribution in [3.8, 4) is 0 Å². The molecule has 2 aromatic carbocycles. The summed E-state index contributed by atoms with van der Waals surface area (Å²) >= 11 is 0. The Hall–Kier alpha value is -3.54. The van der Waals surface area contributed by atoms with E-state index in [0.717, 1.165) is 16.2 Å². The predicted octanol–water partition coefficient (Wildman–Crippen LogP) is 3.33. The lowest BCUT2D eigenvalue weighted by Crippen LogP contribution is -2.01. The van der Waals surface area contributed by atoms with Crippen molar-refractivity contribution in [2.45, 2.75) is 0 Å². The Kier molecular flexibility index (Phi) is 2.93. The van der Waals surface area contributed by atoms with Crippen LogP contribution in [-0.2, 0) is 0 Å². The van der Waals surface area contributed by atoms with Gasteiger partial charge >= 0.3 is 11.9 Å². The maximum Gasteiger partial charge on any atom is 0.354 e. The van der Waals surface area contributed by atoms with Gasteiger partial charge in [-0.25, -0.2) is 19.6 Å². The molecule has 2 heterocycles. The van der Waals surface area contributed by atoms with Gasteiger partial charge in [-0.05, 0) is 17.5 Å². The number of aromatic nitrogens is 2. The summed E-state index contributed by atoms with van der Waals surface area (Å²) in [5.41, 5.74) is 0.851. The van der Waals surface area contributed by atoms with Crippen molar-refractivity contribution >= 4 is 44.5 Å². The van der Waals surface area contributed by atoms with Crippen LogP contribution in [0.4, 0.5) is 0 Å². The summed E-state index contributed by atoms with van der Waals surface area (Å²) in [6, 6.07) is 13.7. The van der Waals surface area contributed by atoms with Gasteiger partial charge in [0.05, 0.1) is 11.0 Å². The number of hydrogen-bond donors (Lipinski definition) is 2. The van der Waals surface area contributed by atoms with Crippen LogP contribution < -0.4 is 0 Å². The van der Waals surface area contributed by atoms with E-state index < -0.39 is 11.9 Å². The Morgan fingerprint density at radius 3 is 1.42 bits per heavy atom. The lowest BCUT2D eigenvalue weighted by atomic mass is 10.0. The molecule has 0 aliphatic rings. The molecule has 0 aliphatic carbocycles. The topological polar surface area (TPSA) is 100 Å². The van der Waals surface area contributed by atoms with E-state index in [4.69, 9.17) is 0 Å². The van der Waals surface area contributed by atoms with E-state index in [9.17, 15) is 19.8 Å². The molecule has 0 amide bonds. The number of nitrogens with zero attached hydrogens (tertiary/aromatic N) is 2. The van der Waals surface area contributed by atoms with E-state index in [-0.39, 0.29) is 11.4 Å². The molecule has 0 aliphatic heterocycles. The highest BCUT2D eigenvalue weighted by atomic mass is 16.4. The number of carbonyl (C=O) groups is 2. The van der Waals surface area contributed by atoms with Gasteiger partial charge in [0, 0.05) is 16.2 Å². The Balaban J connectivity index is 2.23. The Bertz CT molecular complexity index is 1080. The van der Waals surface area contributed by atoms with Crippen molar-refractivity contribution in [2.75, 3.05) is 0 Å². The molecule has 4 aromatic rings. The van der Waals surface area contributed by atoms with Gasteiger partial charge < -0.3 is 10.2 Å². The highest BCUT2D eigenvalue weighted by molar-refractivity contribution is 6.18. The fourth-order valence-electron chi connectivity index (χ4n) is 2.81. The maximum atomic E-state index is 11.2. The molecule has 2 aromatic heterocycles. The van der Waals surface area contributed by atoms with Crippen LogP contribution in [0.5, 0.6) is 0 Å². The zero-order valence-corrected chi connectivity index (χ0v) is 12.2. The van der Waals surface area contributed by atoms with Gasteiger partial charge in [-0.3, -0.25) is 0 Å². The molecule has 0 spiro atoms. The Morgan fingerprint density at radius 1 is 0.625 bits per heavy atom. The average Bonchev–Trinajstić information content (AvgIpc) is 2.59. The lowest BCUT2D eigenvalue weighted by Gasteiger charge is -2.08. The van der Waals surface area contributed by atoms with E-state index >= 15 is 0 Å². The first-order chi connectivity index (χ1) is 11.5. The quantitative estimate of drug-likeness (QED) is 0.550. The minimum Gasteiger partial charge on any atom is -0.477 e. The summed E-state index contributed by atoms with van der Waals surface area (Å²) in [7, 11) is 0. The Labute approximate surface area is 135 Å². The third-order valence-corrected chi connectivity index (χ3v) is 3.94. The van der Waals surface area contributed by atoms with Crippen molar-refractivity contribution < 1.29 is 19.8 Å². The van der Waals surface area contributed by atoms with Crippen LogP contribution in [0.2, 0.25) is 0 Å². The molecule has 0 bridgehead atoms. The number of fused-ring (bicyclic) bond motifs is 5. The number of aromatic carboxylic acids is 2. The van der Waals surface area contributed by atoms with Crippen LogP contribution in [0.1, 0.15) is 21.0 Å². The van der Waals surface area contributed by atoms with Crippen molar-refractivity contribution in [3.05, 3.63) is 59.9 Å². The van der Waals surface area contributed by atoms with Gasteiger partial charge in [0.25, 0.3) is 0 Å². The van der Waals surface area contributed by atoms with Gasteiger partial charge in [0.15, 0.2) is 0 Å². The molecule has 0 atom stereocenters. The van der Waals surface area contributed by atoms with Gasteiger partial charge in [-0.1, -0.05) is 36.4 Å². The first kappa shape index (κ1) is 14.1. The number of benzene rings is 2. The normalized spacial score (nSPS) is 11.2. The molecule has 6 nitrogen and oxygen atoms in total. The van der Waals surface area contributed by atoms with Crippen molar-refractivity contribution in [2.24, 2.45) is 0 Å². The summed E-state index contributed by atoms with van der Waals surface area (Å²) < 4.78 is 0. The van der Waals surface area contributed by atoms with Crippen LogP contribution >= 0.6 is 0 Å². The van der Waals surface area contributed by atoms with E-state index in [1.807, 2.05) is 24.3 Å². The zero-order valence-electron chi connectivity index (χ0n) is 12.2. The molecule has 0 radical (unpaired) electrons. The van der Waals surface area contributed by atoms with Gasteiger partial charge in [0.2, 0.25) is 0 Å². The molecule has 0 fully saturated rings. The Morgan fingerprint density at radius 2 is 1.00 bits per heavy atom. The molecule has 4 rings (SSSR count). The van der Waals surface area contributed by atoms with Crippen LogP contribution in [0.15, 0.2) is 48.5 Å². The lowest BCUT2D eigenvalue weighted by molar-refractivity contribution is 0.0680. The first-order valence-corrected chi connectivity index (χ1v) is 7.14. The molecule has 6 heteroatoms. The van der Waals surface area contributed by atoms with Crippen molar-refractivity contribution in [1.29, 1.82) is 0 Å². The molecule has 0 saturated heterocycles. The highest BCUT2D eigenvalue weighted by Gasteiger charge is 2.13. The van der Waals surface area contributed by atoms with E-state index in [1.165, 1.54) is 12.1 Å². The van der Waals surface area contributed by atoms with Gasteiger partial charge in [-0.2, -0.15) is 0 Å². The smallest absolute Gasteiger partial charge is 0.354 e. The summed E-state index contributed by atoms with van der Waals surface area (Å²) in [6.45, 7) is 0. The molecular formula is C18H10N2O4. The number of pyridine rings is 2. The second kappa shape index (κ2) is 4.99. The summed E-state index contributed by atoms with van der Waals surface area (Å²) in [4.78, 5) is 30.9. The molecule has 2 N–H and O–H groups in total. The predicted molar refractivity (Wildman–Crippen MR) is 88.5 cm³/mol. The van der Waals surface area contributed by atoms with Crippen molar-refractivity contribution in [3.63, 3.8) is 0 Å². The monoisotopic (exact) mass is 318 g/mol. The molecule has 24 heavy (non-hydrogen) atoms. The molecule has 0 unspecified atom stereocenters. The molecule has 0 saturated carbocycles. The van der Waals surface area contributed by atoms with E-state index in [1.54, 1.807) is 12.1 Å². The van der Waals surface area contributed by atoms with Gasteiger partial charge in [0.1, 0.15) is 11.4 Å². The number of carboxylic acids is 2. The van der Waals surface area contributed by atoms with E-state index in [2.05, 4.69) is 9.97 Å². The third-order valence-electron chi connectivity index (χ3n) is 3.94. The SMILES string of the molecule is O=C(O)c1ccc2ccc3ccc4ccc(C(=O)O)nc4c3c2n1. The van der Waals surface area contributed by atoms with E-state index in [0.29, 0.717) is 16.4 Å². The van der Waals surface area contributed by atoms with Gasteiger partial charge in [-0.15, -0.1) is 0 Å². The second-order valence-corrected chi connectivity index (χ2v) is 5.38. The van der Waals surface area contributed by atoms with Crippen LogP contribution in [0.25, 0.3) is 32.6 Å². The highest BCUT2D eigenvalue weighted by Crippen LogP contribution is 2.30. The fraction of sp³-hybridized carbons (Fsp3) is 0. The second-order valence-electron chi connectivity index (χ2n) is 5.38. The maximum absolute atomic E-state index is 11.2. The summed E-state index contributed by atoms with van der Waals surface area (Å²) in [6.07, 6.45) is 0. The van der Waals surface area contributed by atoms with Crippen LogP contribution in [0, 0.1) is 0 Å². The first-order valence-electron chi connectivity index (χ1n) is 7.14. The van der Waals surface area contributed by atoms with Crippen LogP contribution in [0.3, 0.4) is 0 Å². The minimum atomic E-state index is -1.12. The molecular weight excluding hydrogens is 308 g/mol. The number of rotatable bonds is 2. The summed E-state index contributed by atoms with van der Waals surface area (Å²) in [5.74, 6) is -2.23. The zero-order chi connectivity index (χ0) is 16.8. The minimum absolute atomic E-state index is 0.0682. The standard InChI is InChI=1S/C18H10N2O4/c21-17(22)12-7-5-10-3-1-9-2-4-11-6-8-13(18(23)24)20-16(11)14(9)15(10)19-12/h1-8H,(H,21,22)(H,23,24). The molecule has 116 valence electrons. The van der Waals surface area contributed by atoms with Crippen LogP contribution in [-0.4, -0.2) is 32.1 Å². The largest absolute Gasteiger partial charge is 0.477 e. The number of carboxylic acid groups (broad SMARTS) is 2. The third kappa shape index (κ3) is 2.04. The van der Waals surface area contributed by atoms with Crippen molar-refractivity contribution in [1.82, 2.24) is 9.97 Å². The summed E-state index contributed by atoms with van der Waals surface area (Å²) in [5, 5.41) is 21.4. The number of hydrogen-bond acceptors (Lipinski definition) is 4. The average molecular weight is 318 g/mol.